The van der Waals surface area contributed by atoms with Gasteiger partial charge in [0.1, 0.15) is 18.0 Å². The zero-order valence-corrected chi connectivity index (χ0v) is 11.1. The number of hydrogen-bond donors (Lipinski definition) is 0. The summed E-state index contributed by atoms with van der Waals surface area (Å²) in [7, 11) is 1.77. The molecule has 3 nitrogen and oxygen atoms in total. The van der Waals surface area contributed by atoms with Crippen LogP contribution >= 0.6 is 11.6 Å². The third-order valence-electron chi connectivity index (χ3n) is 3.15. The van der Waals surface area contributed by atoms with Crippen LogP contribution in [0, 0.1) is 5.82 Å². The van der Waals surface area contributed by atoms with Crippen molar-refractivity contribution in [3.8, 4) is 0 Å². The van der Waals surface area contributed by atoms with Crippen LogP contribution in [0.1, 0.15) is 18.9 Å². The van der Waals surface area contributed by atoms with Crippen molar-refractivity contribution in [3.05, 3.63) is 34.6 Å². The highest BCUT2D eigenvalue weighted by Gasteiger charge is 2.35. The second kappa shape index (κ2) is 5.24. The molecule has 1 aromatic rings. The molecule has 0 saturated carbocycles. The summed E-state index contributed by atoms with van der Waals surface area (Å²) in [6, 6.07) is 4.25. The van der Waals surface area contributed by atoms with Gasteiger partial charge in [0.2, 0.25) is 0 Å². The fourth-order valence-electron chi connectivity index (χ4n) is 2.14. The minimum atomic E-state index is -0.353. The molecular weight excluding hydrogens is 257 g/mol. The number of halogens is 2. The highest BCUT2D eigenvalue weighted by molar-refractivity contribution is 6.31. The van der Waals surface area contributed by atoms with Crippen molar-refractivity contribution in [2.75, 3.05) is 7.05 Å². The van der Waals surface area contributed by atoms with Crippen molar-refractivity contribution in [1.29, 1.82) is 0 Å². The smallest absolute Gasteiger partial charge is 0.323 e. The standard InChI is InChI=1S/C13H15ClFNO2/c1-8-6-12(13(17)18-8)16(2)7-9-10(14)4-3-5-11(9)15/h3-5,8,12H,6-7H2,1-2H3. The molecule has 0 aromatic heterocycles. The first-order valence-corrected chi connectivity index (χ1v) is 6.20. The van der Waals surface area contributed by atoms with Crippen LogP contribution in [0.25, 0.3) is 0 Å². The summed E-state index contributed by atoms with van der Waals surface area (Å²) in [5.74, 6) is -0.605. The van der Waals surface area contributed by atoms with E-state index in [-0.39, 0.29) is 30.5 Å². The average molecular weight is 272 g/mol. The molecule has 1 fully saturated rings. The average Bonchev–Trinajstić information content (AvgIpc) is 2.63. The Hall–Kier alpha value is -1.13. The van der Waals surface area contributed by atoms with Gasteiger partial charge in [-0.3, -0.25) is 9.69 Å². The first kappa shape index (κ1) is 13.3. The Bertz CT molecular complexity index is 446. The lowest BCUT2D eigenvalue weighted by atomic mass is 10.1. The summed E-state index contributed by atoms with van der Waals surface area (Å²) in [4.78, 5) is 13.4. The van der Waals surface area contributed by atoms with Gasteiger partial charge < -0.3 is 4.74 Å². The van der Waals surface area contributed by atoms with E-state index in [1.807, 2.05) is 6.92 Å². The van der Waals surface area contributed by atoms with Gasteiger partial charge >= 0.3 is 5.97 Å². The number of carbonyl (C=O) groups excluding carboxylic acids is 1. The Morgan fingerprint density at radius 2 is 2.28 bits per heavy atom. The van der Waals surface area contributed by atoms with Crippen LogP contribution in [-0.2, 0) is 16.1 Å². The quantitative estimate of drug-likeness (QED) is 0.792. The number of benzene rings is 1. The minimum Gasteiger partial charge on any atom is -0.461 e. The van der Waals surface area contributed by atoms with E-state index in [1.54, 1.807) is 24.1 Å². The number of ether oxygens (including phenoxy) is 1. The molecule has 5 heteroatoms. The molecule has 1 aromatic carbocycles. The van der Waals surface area contributed by atoms with E-state index < -0.39 is 0 Å². The van der Waals surface area contributed by atoms with E-state index in [2.05, 4.69) is 0 Å². The van der Waals surface area contributed by atoms with Gasteiger partial charge in [-0.05, 0) is 26.1 Å². The van der Waals surface area contributed by atoms with Crippen molar-refractivity contribution in [3.63, 3.8) is 0 Å². The molecular formula is C13H15ClFNO2. The number of nitrogens with zero attached hydrogens (tertiary/aromatic N) is 1. The Kier molecular flexibility index (Phi) is 3.88. The summed E-state index contributed by atoms with van der Waals surface area (Å²) < 4.78 is 18.7. The van der Waals surface area contributed by atoms with Crippen molar-refractivity contribution in [1.82, 2.24) is 4.90 Å². The predicted molar refractivity (Wildman–Crippen MR) is 66.8 cm³/mol. The molecule has 2 rings (SSSR count). The molecule has 18 heavy (non-hydrogen) atoms. The molecule has 1 saturated heterocycles. The summed E-state index contributed by atoms with van der Waals surface area (Å²) in [6.45, 7) is 2.14. The first-order valence-electron chi connectivity index (χ1n) is 5.82. The maximum absolute atomic E-state index is 13.6. The largest absolute Gasteiger partial charge is 0.461 e. The van der Waals surface area contributed by atoms with E-state index in [4.69, 9.17) is 16.3 Å². The molecule has 98 valence electrons. The second-order valence-corrected chi connectivity index (χ2v) is 5.02. The van der Waals surface area contributed by atoms with Crippen LogP contribution in [0.5, 0.6) is 0 Å². The van der Waals surface area contributed by atoms with Crippen LogP contribution in [0.15, 0.2) is 18.2 Å². The maximum atomic E-state index is 13.6. The van der Waals surface area contributed by atoms with Gasteiger partial charge in [-0.2, -0.15) is 0 Å². The van der Waals surface area contributed by atoms with E-state index in [0.717, 1.165) is 0 Å². The van der Waals surface area contributed by atoms with E-state index in [0.29, 0.717) is 17.0 Å². The number of rotatable bonds is 3. The molecule has 1 aliphatic heterocycles. The first-order chi connectivity index (χ1) is 8.49. The normalized spacial score (nSPS) is 23.5. The number of cyclic esters (lactones) is 1. The molecule has 0 bridgehead atoms. The second-order valence-electron chi connectivity index (χ2n) is 4.61. The predicted octanol–water partition coefficient (Wildman–Crippen LogP) is 2.61. The van der Waals surface area contributed by atoms with Crippen molar-refractivity contribution in [2.24, 2.45) is 0 Å². The zero-order chi connectivity index (χ0) is 13.3. The Balaban J connectivity index is 2.12. The maximum Gasteiger partial charge on any atom is 0.323 e. The molecule has 0 amide bonds. The van der Waals surface area contributed by atoms with Crippen molar-refractivity contribution < 1.29 is 13.9 Å². The molecule has 0 aliphatic carbocycles. The van der Waals surface area contributed by atoms with Crippen LogP contribution in [0.2, 0.25) is 5.02 Å². The highest BCUT2D eigenvalue weighted by Crippen LogP contribution is 2.24. The number of carbonyl (C=O) groups is 1. The minimum absolute atomic E-state index is 0.0824. The third-order valence-corrected chi connectivity index (χ3v) is 3.50. The number of esters is 1. The summed E-state index contributed by atoms with van der Waals surface area (Å²) >= 11 is 5.96. The van der Waals surface area contributed by atoms with Gasteiger partial charge in [0.25, 0.3) is 0 Å². The van der Waals surface area contributed by atoms with Gasteiger partial charge in [-0.15, -0.1) is 0 Å². The third kappa shape index (κ3) is 2.65. The Labute approximate surface area is 110 Å². The van der Waals surface area contributed by atoms with Gasteiger partial charge in [0, 0.05) is 23.6 Å². The zero-order valence-electron chi connectivity index (χ0n) is 10.3. The fraction of sp³-hybridized carbons (Fsp3) is 0.462. The van der Waals surface area contributed by atoms with E-state index in [1.165, 1.54) is 6.07 Å². The molecule has 2 unspecified atom stereocenters. The van der Waals surface area contributed by atoms with Gasteiger partial charge in [-0.1, -0.05) is 17.7 Å². The Morgan fingerprint density at radius 1 is 1.56 bits per heavy atom. The highest BCUT2D eigenvalue weighted by atomic mass is 35.5. The number of hydrogen-bond acceptors (Lipinski definition) is 3. The van der Waals surface area contributed by atoms with E-state index >= 15 is 0 Å². The molecule has 1 aliphatic rings. The summed E-state index contributed by atoms with van der Waals surface area (Å²) in [5.41, 5.74) is 0.411. The molecule has 0 N–H and O–H groups in total. The summed E-state index contributed by atoms with van der Waals surface area (Å²) in [5, 5.41) is 0.376. The SMILES string of the molecule is CC1CC(N(C)Cc2c(F)cccc2Cl)C(=O)O1. The topological polar surface area (TPSA) is 29.5 Å². The van der Waals surface area contributed by atoms with Crippen LogP contribution in [-0.4, -0.2) is 30.1 Å². The molecule has 1 heterocycles. The van der Waals surface area contributed by atoms with Crippen LogP contribution in [0.4, 0.5) is 4.39 Å². The Morgan fingerprint density at radius 3 is 2.83 bits per heavy atom. The number of likely N-dealkylation sites (N-methyl/N-ethyl adjacent to an activating group) is 1. The van der Waals surface area contributed by atoms with Crippen LogP contribution < -0.4 is 0 Å². The fourth-order valence-corrected chi connectivity index (χ4v) is 2.36. The van der Waals surface area contributed by atoms with Crippen molar-refractivity contribution >= 4 is 17.6 Å². The lowest BCUT2D eigenvalue weighted by Crippen LogP contribution is -2.35. The van der Waals surface area contributed by atoms with Gasteiger partial charge in [-0.25, -0.2) is 4.39 Å². The van der Waals surface area contributed by atoms with Gasteiger partial charge in [0.05, 0.1) is 0 Å². The van der Waals surface area contributed by atoms with E-state index in [9.17, 15) is 9.18 Å². The molecule has 0 spiro atoms. The molecule has 2 atom stereocenters. The van der Waals surface area contributed by atoms with Crippen molar-refractivity contribution in [2.45, 2.75) is 32.0 Å². The molecule has 0 radical (unpaired) electrons. The summed E-state index contributed by atoms with van der Waals surface area (Å²) in [6.07, 6.45) is 0.544. The van der Waals surface area contributed by atoms with Crippen LogP contribution in [0.3, 0.4) is 0 Å². The lowest BCUT2D eigenvalue weighted by Gasteiger charge is -2.21. The van der Waals surface area contributed by atoms with Gasteiger partial charge in [0.15, 0.2) is 0 Å². The monoisotopic (exact) mass is 271 g/mol. The lowest BCUT2D eigenvalue weighted by molar-refractivity contribution is -0.144.